The third kappa shape index (κ3) is 1.55. The van der Waals surface area contributed by atoms with Crippen LogP contribution < -0.4 is 5.32 Å². The Labute approximate surface area is 119 Å². The summed E-state index contributed by atoms with van der Waals surface area (Å²) in [6.07, 6.45) is 2.31. The highest BCUT2D eigenvalue weighted by molar-refractivity contribution is 5.90. The second-order valence-corrected chi connectivity index (χ2v) is 5.23. The van der Waals surface area contributed by atoms with Crippen molar-refractivity contribution < 1.29 is 0 Å². The zero-order valence-electron chi connectivity index (χ0n) is 11.0. The average Bonchev–Trinajstić information content (AvgIpc) is 2.70. The van der Waals surface area contributed by atoms with Gasteiger partial charge in [0.15, 0.2) is 0 Å². The topological polar surface area (TPSA) is 12.0 Å². The van der Waals surface area contributed by atoms with Crippen LogP contribution >= 0.6 is 12.4 Å². The molecule has 96 valence electrons. The second-order valence-electron chi connectivity index (χ2n) is 5.23. The standard InChI is InChI=1S/C17H15N.ClH/c1-10-7-8-14-15(11(10)2)9-16-12-5-3-4-6-13(12)17(14)18-16;/h3-9,17-18H,1-2H3;1H. The molecule has 0 aliphatic carbocycles. The quantitative estimate of drug-likeness (QED) is 0.755. The number of benzene rings is 2. The molecule has 0 aromatic heterocycles. The molecule has 0 amide bonds. The van der Waals surface area contributed by atoms with Crippen LogP contribution in [0.25, 0.3) is 11.8 Å². The monoisotopic (exact) mass is 269 g/mol. The van der Waals surface area contributed by atoms with Gasteiger partial charge in [-0.1, -0.05) is 36.4 Å². The van der Waals surface area contributed by atoms with Crippen molar-refractivity contribution in [1.29, 1.82) is 0 Å². The third-order valence-corrected chi connectivity index (χ3v) is 4.28. The maximum Gasteiger partial charge on any atom is 0.0780 e. The van der Waals surface area contributed by atoms with Crippen LogP contribution in [0.3, 0.4) is 0 Å². The molecule has 0 saturated carbocycles. The summed E-state index contributed by atoms with van der Waals surface area (Å²) >= 11 is 0. The van der Waals surface area contributed by atoms with Crippen LogP contribution in [-0.4, -0.2) is 0 Å². The van der Waals surface area contributed by atoms with E-state index in [1.807, 2.05) is 0 Å². The fourth-order valence-corrected chi connectivity index (χ4v) is 3.12. The lowest BCUT2D eigenvalue weighted by atomic mass is 9.90. The predicted octanol–water partition coefficient (Wildman–Crippen LogP) is 4.23. The van der Waals surface area contributed by atoms with Gasteiger partial charge in [-0.05, 0) is 47.7 Å². The summed E-state index contributed by atoms with van der Waals surface area (Å²) in [7, 11) is 0. The van der Waals surface area contributed by atoms with E-state index in [9.17, 15) is 0 Å². The highest BCUT2D eigenvalue weighted by atomic mass is 35.5. The molecule has 2 heterocycles. The van der Waals surface area contributed by atoms with Crippen molar-refractivity contribution in [1.82, 2.24) is 5.32 Å². The first-order valence-corrected chi connectivity index (χ1v) is 6.43. The van der Waals surface area contributed by atoms with Crippen molar-refractivity contribution in [3.05, 3.63) is 69.8 Å². The molecule has 0 spiro atoms. The number of halogens is 1. The molecule has 1 atom stereocenters. The van der Waals surface area contributed by atoms with Gasteiger partial charge in [-0.2, -0.15) is 0 Å². The van der Waals surface area contributed by atoms with E-state index in [4.69, 9.17) is 0 Å². The first kappa shape index (κ1) is 12.3. The number of nitrogens with one attached hydrogen (secondary N) is 1. The molecule has 2 aromatic rings. The SMILES string of the molecule is Cc1ccc2c(c1C)C=C1NC2c2ccccc21.Cl. The van der Waals surface area contributed by atoms with Crippen LogP contribution in [0.4, 0.5) is 0 Å². The lowest BCUT2D eigenvalue weighted by Gasteiger charge is -2.22. The van der Waals surface area contributed by atoms with Gasteiger partial charge in [0.25, 0.3) is 0 Å². The van der Waals surface area contributed by atoms with E-state index in [-0.39, 0.29) is 12.4 Å². The molecule has 2 aliphatic heterocycles. The molecule has 2 bridgehead atoms. The zero-order valence-corrected chi connectivity index (χ0v) is 11.8. The van der Waals surface area contributed by atoms with Crippen LogP contribution in [-0.2, 0) is 0 Å². The summed E-state index contributed by atoms with van der Waals surface area (Å²) in [5, 5.41) is 3.62. The van der Waals surface area contributed by atoms with E-state index in [1.54, 1.807) is 0 Å². The van der Waals surface area contributed by atoms with Crippen LogP contribution in [0.15, 0.2) is 36.4 Å². The lowest BCUT2D eigenvalue weighted by molar-refractivity contribution is 0.772. The fraction of sp³-hybridized carbons (Fsp3) is 0.176. The predicted molar refractivity (Wildman–Crippen MR) is 82.5 cm³/mol. The van der Waals surface area contributed by atoms with Gasteiger partial charge in [0.1, 0.15) is 0 Å². The Morgan fingerprint density at radius 1 is 0.947 bits per heavy atom. The van der Waals surface area contributed by atoms with Crippen molar-refractivity contribution in [2.45, 2.75) is 19.9 Å². The maximum atomic E-state index is 3.62. The molecule has 0 radical (unpaired) electrons. The van der Waals surface area contributed by atoms with Gasteiger partial charge in [0.2, 0.25) is 0 Å². The number of aryl methyl sites for hydroxylation is 1. The molecule has 4 rings (SSSR count). The normalized spacial score (nSPS) is 17.8. The fourth-order valence-electron chi connectivity index (χ4n) is 3.12. The van der Waals surface area contributed by atoms with Gasteiger partial charge in [-0.3, -0.25) is 0 Å². The maximum absolute atomic E-state index is 3.62. The van der Waals surface area contributed by atoms with Crippen LogP contribution in [0.1, 0.15) is 39.4 Å². The molecule has 2 heteroatoms. The lowest BCUT2D eigenvalue weighted by Crippen LogP contribution is -2.18. The minimum Gasteiger partial charge on any atom is -0.374 e. The minimum absolute atomic E-state index is 0. The summed E-state index contributed by atoms with van der Waals surface area (Å²) in [6.45, 7) is 4.41. The smallest absolute Gasteiger partial charge is 0.0780 e. The third-order valence-electron chi connectivity index (χ3n) is 4.28. The second kappa shape index (κ2) is 4.14. The van der Waals surface area contributed by atoms with Crippen molar-refractivity contribution in [3.63, 3.8) is 0 Å². The van der Waals surface area contributed by atoms with E-state index in [2.05, 4.69) is 61.6 Å². The molecule has 1 unspecified atom stereocenters. The number of hydrogen-bond acceptors (Lipinski definition) is 1. The van der Waals surface area contributed by atoms with Gasteiger partial charge < -0.3 is 5.32 Å². The van der Waals surface area contributed by atoms with E-state index in [0.717, 1.165) is 0 Å². The molecule has 0 fully saturated rings. The molecular formula is C17H16ClN. The summed E-state index contributed by atoms with van der Waals surface area (Å²) in [5.41, 5.74) is 9.63. The Morgan fingerprint density at radius 2 is 1.74 bits per heavy atom. The zero-order chi connectivity index (χ0) is 12.3. The van der Waals surface area contributed by atoms with Gasteiger partial charge in [-0.25, -0.2) is 0 Å². The summed E-state index contributed by atoms with van der Waals surface area (Å²) in [6, 6.07) is 13.5. The van der Waals surface area contributed by atoms with Gasteiger partial charge in [0, 0.05) is 11.3 Å². The molecule has 2 aliphatic rings. The summed E-state index contributed by atoms with van der Waals surface area (Å²) in [4.78, 5) is 0. The Morgan fingerprint density at radius 3 is 2.58 bits per heavy atom. The number of rotatable bonds is 0. The first-order valence-electron chi connectivity index (χ1n) is 6.43. The summed E-state index contributed by atoms with van der Waals surface area (Å²) < 4.78 is 0. The molecule has 19 heavy (non-hydrogen) atoms. The molecule has 2 aromatic carbocycles. The number of fused-ring (bicyclic) bond motifs is 7. The van der Waals surface area contributed by atoms with E-state index < -0.39 is 0 Å². The highest BCUT2D eigenvalue weighted by Gasteiger charge is 2.32. The van der Waals surface area contributed by atoms with Crippen molar-refractivity contribution in [3.8, 4) is 0 Å². The van der Waals surface area contributed by atoms with Crippen LogP contribution in [0, 0.1) is 13.8 Å². The van der Waals surface area contributed by atoms with Crippen LogP contribution in [0.2, 0.25) is 0 Å². The molecular weight excluding hydrogens is 254 g/mol. The van der Waals surface area contributed by atoms with Crippen molar-refractivity contribution >= 4 is 24.2 Å². The van der Waals surface area contributed by atoms with Crippen molar-refractivity contribution in [2.24, 2.45) is 0 Å². The number of hydrogen-bond donors (Lipinski definition) is 1. The summed E-state index contributed by atoms with van der Waals surface area (Å²) in [5.74, 6) is 0. The van der Waals surface area contributed by atoms with Crippen molar-refractivity contribution in [2.75, 3.05) is 0 Å². The largest absolute Gasteiger partial charge is 0.374 e. The Kier molecular flexibility index (Phi) is 2.68. The average molecular weight is 270 g/mol. The van der Waals surface area contributed by atoms with Gasteiger partial charge in [-0.15, -0.1) is 12.4 Å². The molecule has 1 nitrogen and oxygen atoms in total. The van der Waals surface area contributed by atoms with E-state index in [1.165, 1.54) is 39.1 Å². The van der Waals surface area contributed by atoms with Gasteiger partial charge in [0.05, 0.1) is 6.04 Å². The first-order chi connectivity index (χ1) is 8.75. The van der Waals surface area contributed by atoms with Gasteiger partial charge >= 0.3 is 0 Å². The Bertz CT molecular complexity index is 700. The van der Waals surface area contributed by atoms with E-state index >= 15 is 0 Å². The minimum atomic E-state index is 0. The molecule has 1 N–H and O–H groups in total. The molecule has 0 saturated heterocycles. The Hall–Kier alpha value is -1.73. The highest BCUT2D eigenvalue weighted by Crippen LogP contribution is 2.43. The van der Waals surface area contributed by atoms with E-state index in [0.29, 0.717) is 6.04 Å². The van der Waals surface area contributed by atoms with Crippen LogP contribution in [0.5, 0.6) is 0 Å². The Balaban J connectivity index is 0.00000110.